The molecule has 21 heavy (non-hydrogen) atoms. The van der Waals surface area contributed by atoms with Crippen LogP contribution in [0, 0.1) is 5.92 Å². The smallest absolute Gasteiger partial charge is 0.220 e. The maximum absolute atomic E-state index is 12.0. The lowest BCUT2D eigenvalue weighted by Gasteiger charge is -2.32. The molecule has 0 aromatic carbocycles. The predicted octanol–water partition coefficient (Wildman–Crippen LogP) is 2.27. The molecule has 0 aromatic rings. The normalized spacial score (nSPS) is 29.0. The van der Waals surface area contributed by atoms with Gasteiger partial charge in [-0.2, -0.15) is 0 Å². The van der Waals surface area contributed by atoms with Crippen molar-refractivity contribution in [1.29, 1.82) is 0 Å². The van der Waals surface area contributed by atoms with Crippen LogP contribution in [0.4, 0.5) is 0 Å². The molecule has 0 aromatic heterocycles. The summed E-state index contributed by atoms with van der Waals surface area (Å²) in [5.74, 6) is 0.886. The molecule has 2 aliphatic rings. The Morgan fingerprint density at radius 2 is 2.00 bits per heavy atom. The van der Waals surface area contributed by atoms with E-state index in [1.54, 1.807) is 0 Å². The third-order valence-electron chi connectivity index (χ3n) is 5.21. The van der Waals surface area contributed by atoms with Crippen molar-refractivity contribution in [3.05, 3.63) is 0 Å². The van der Waals surface area contributed by atoms with E-state index < -0.39 is 0 Å². The van der Waals surface area contributed by atoms with E-state index in [0.717, 1.165) is 25.8 Å². The Bertz CT molecular complexity index is 315. The third-order valence-corrected chi connectivity index (χ3v) is 5.21. The average Bonchev–Trinajstić information content (AvgIpc) is 2.51. The fraction of sp³-hybridized carbons (Fsp3) is 0.941. The number of carbonyl (C=O) groups excluding carboxylic acids is 1. The summed E-state index contributed by atoms with van der Waals surface area (Å²) in [7, 11) is 0. The maximum Gasteiger partial charge on any atom is 0.220 e. The van der Waals surface area contributed by atoms with Crippen LogP contribution in [0.3, 0.4) is 0 Å². The molecule has 1 aliphatic carbocycles. The first-order valence-corrected chi connectivity index (χ1v) is 8.91. The molecule has 1 heterocycles. The average molecular weight is 295 g/mol. The highest BCUT2D eigenvalue weighted by molar-refractivity contribution is 5.75. The van der Waals surface area contributed by atoms with Crippen LogP contribution in [0.15, 0.2) is 0 Å². The van der Waals surface area contributed by atoms with Crippen molar-refractivity contribution in [1.82, 2.24) is 10.2 Å². The number of nitrogens with two attached hydrogens (primary N) is 1. The highest BCUT2D eigenvalue weighted by Crippen LogP contribution is 2.26. The van der Waals surface area contributed by atoms with Gasteiger partial charge in [0, 0.05) is 25.0 Å². The van der Waals surface area contributed by atoms with Crippen molar-refractivity contribution < 1.29 is 4.79 Å². The van der Waals surface area contributed by atoms with E-state index >= 15 is 0 Å². The van der Waals surface area contributed by atoms with Gasteiger partial charge in [-0.25, -0.2) is 0 Å². The van der Waals surface area contributed by atoms with E-state index in [9.17, 15) is 4.79 Å². The van der Waals surface area contributed by atoms with Gasteiger partial charge < -0.3 is 11.1 Å². The second-order valence-corrected chi connectivity index (χ2v) is 7.08. The van der Waals surface area contributed by atoms with Crippen molar-refractivity contribution in [2.24, 2.45) is 11.7 Å². The van der Waals surface area contributed by atoms with Crippen LogP contribution in [0.1, 0.15) is 64.7 Å². The number of amides is 1. The summed E-state index contributed by atoms with van der Waals surface area (Å²) in [4.78, 5) is 14.5. The standard InChI is InChI=1S/C17H33N3O/c1-14(20-10-3-2-4-11-20)13-19-17(21)9-8-15-6-5-7-16(18)12-15/h14-16H,2-13,18H2,1H3,(H,19,21). The van der Waals surface area contributed by atoms with Gasteiger partial charge in [-0.15, -0.1) is 0 Å². The van der Waals surface area contributed by atoms with Crippen LogP contribution >= 0.6 is 0 Å². The minimum Gasteiger partial charge on any atom is -0.355 e. The summed E-state index contributed by atoms with van der Waals surface area (Å²) in [6.07, 6.45) is 10.4. The molecular formula is C17H33N3O. The zero-order chi connectivity index (χ0) is 15.1. The molecule has 122 valence electrons. The molecule has 2 rings (SSSR count). The lowest BCUT2D eigenvalue weighted by molar-refractivity contribution is -0.121. The number of carbonyl (C=O) groups is 1. The van der Waals surface area contributed by atoms with Gasteiger partial charge in [0.05, 0.1) is 0 Å². The Kier molecular flexibility index (Phi) is 6.97. The summed E-state index contributed by atoms with van der Waals surface area (Å²) in [5.41, 5.74) is 6.01. The van der Waals surface area contributed by atoms with E-state index in [4.69, 9.17) is 5.73 Å². The molecule has 1 saturated heterocycles. The predicted molar refractivity (Wildman–Crippen MR) is 87.1 cm³/mol. The Labute approximate surface area is 129 Å². The van der Waals surface area contributed by atoms with E-state index in [1.807, 2.05) is 0 Å². The van der Waals surface area contributed by atoms with Crippen LogP contribution in [0.5, 0.6) is 0 Å². The number of hydrogen-bond donors (Lipinski definition) is 2. The zero-order valence-corrected chi connectivity index (χ0v) is 13.7. The number of piperidine rings is 1. The molecule has 1 saturated carbocycles. The topological polar surface area (TPSA) is 58.4 Å². The molecule has 3 atom stereocenters. The number of rotatable bonds is 6. The van der Waals surface area contributed by atoms with Crippen molar-refractivity contribution in [3.63, 3.8) is 0 Å². The van der Waals surface area contributed by atoms with Crippen LogP contribution in [0.25, 0.3) is 0 Å². The Hall–Kier alpha value is -0.610. The van der Waals surface area contributed by atoms with Gasteiger partial charge in [-0.05, 0) is 58.0 Å². The Morgan fingerprint density at radius 1 is 1.24 bits per heavy atom. The lowest BCUT2D eigenvalue weighted by atomic mass is 9.83. The summed E-state index contributed by atoms with van der Waals surface area (Å²) >= 11 is 0. The molecule has 3 unspecified atom stereocenters. The second kappa shape index (κ2) is 8.74. The molecule has 0 radical (unpaired) electrons. The third kappa shape index (κ3) is 5.95. The minimum atomic E-state index is 0.220. The molecule has 2 fully saturated rings. The van der Waals surface area contributed by atoms with Crippen molar-refractivity contribution in [2.75, 3.05) is 19.6 Å². The molecule has 0 bridgehead atoms. The number of hydrogen-bond acceptors (Lipinski definition) is 3. The first-order chi connectivity index (χ1) is 10.1. The quantitative estimate of drug-likeness (QED) is 0.790. The van der Waals surface area contributed by atoms with Gasteiger partial charge in [0.2, 0.25) is 5.91 Å². The Balaban J connectivity index is 1.58. The fourth-order valence-electron chi connectivity index (χ4n) is 3.77. The van der Waals surface area contributed by atoms with Gasteiger partial charge in [-0.3, -0.25) is 9.69 Å². The van der Waals surface area contributed by atoms with Gasteiger partial charge in [0.1, 0.15) is 0 Å². The van der Waals surface area contributed by atoms with Gasteiger partial charge >= 0.3 is 0 Å². The van der Waals surface area contributed by atoms with E-state index in [0.29, 0.717) is 24.4 Å². The number of nitrogens with zero attached hydrogens (tertiary/aromatic N) is 1. The van der Waals surface area contributed by atoms with Crippen molar-refractivity contribution in [2.45, 2.75) is 76.8 Å². The SMILES string of the molecule is CC(CNC(=O)CCC1CCCC(N)C1)N1CCCCC1. The number of nitrogens with one attached hydrogen (secondary N) is 1. The highest BCUT2D eigenvalue weighted by Gasteiger charge is 2.20. The van der Waals surface area contributed by atoms with E-state index in [2.05, 4.69) is 17.1 Å². The largest absolute Gasteiger partial charge is 0.355 e. The zero-order valence-electron chi connectivity index (χ0n) is 13.7. The summed E-state index contributed by atoms with van der Waals surface area (Å²) in [6, 6.07) is 0.836. The van der Waals surface area contributed by atoms with E-state index in [1.165, 1.54) is 45.2 Å². The highest BCUT2D eigenvalue weighted by atomic mass is 16.1. The van der Waals surface area contributed by atoms with Gasteiger partial charge in [0.25, 0.3) is 0 Å². The fourth-order valence-corrected chi connectivity index (χ4v) is 3.77. The summed E-state index contributed by atoms with van der Waals surface area (Å²) < 4.78 is 0. The monoisotopic (exact) mass is 295 g/mol. The summed E-state index contributed by atoms with van der Waals surface area (Å²) in [6.45, 7) is 5.41. The second-order valence-electron chi connectivity index (χ2n) is 7.08. The minimum absolute atomic E-state index is 0.220. The molecular weight excluding hydrogens is 262 g/mol. The summed E-state index contributed by atoms with van der Waals surface area (Å²) in [5, 5.41) is 3.12. The maximum atomic E-state index is 12.0. The molecule has 4 heteroatoms. The van der Waals surface area contributed by atoms with Crippen molar-refractivity contribution >= 4 is 5.91 Å². The van der Waals surface area contributed by atoms with Crippen LogP contribution in [-0.2, 0) is 4.79 Å². The first kappa shape index (κ1) is 16.8. The molecule has 0 spiro atoms. The first-order valence-electron chi connectivity index (χ1n) is 8.91. The number of likely N-dealkylation sites (tertiary alicyclic amines) is 1. The molecule has 1 amide bonds. The molecule has 4 nitrogen and oxygen atoms in total. The molecule has 1 aliphatic heterocycles. The van der Waals surface area contributed by atoms with Gasteiger partial charge in [-0.1, -0.05) is 19.3 Å². The Morgan fingerprint density at radius 3 is 2.71 bits per heavy atom. The van der Waals surface area contributed by atoms with Crippen LogP contribution in [-0.4, -0.2) is 42.5 Å². The molecule has 3 N–H and O–H groups in total. The van der Waals surface area contributed by atoms with E-state index in [-0.39, 0.29) is 5.91 Å². The van der Waals surface area contributed by atoms with Gasteiger partial charge in [0.15, 0.2) is 0 Å². The van der Waals surface area contributed by atoms with Crippen molar-refractivity contribution in [3.8, 4) is 0 Å². The van der Waals surface area contributed by atoms with Crippen LogP contribution in [0.2, 0.25) is 0 Å². The lowest BCUT2D eigenvalue weighted by Crippen LogP contribution is -2.44. The van der Waals surface area contributed by atoms with Crippen LogP contribution < -0.4 is 11.1 Å².